The van der Waals surface area contributed by atoms with Gasteiger partial charge in [0.15, 0.2) is 5.78 Å². The summed E-state index contributed by atoms with van der Waals surface area (Å²) < 4.78 is 5.26. The number of rotatable bonds is 4. The Morgan fingerprint density at radius 1 is 0.630 bits per heavy atom. The molecule has 0 N–H and O–H groups in total. The highest BCUT2D eigenvalue weighted by molar-refractivity contribution is 6.19. The number of hydrogen-bond acceptors (Lipinski definition) is 4. The first-order valence-electron chi connectivity index (χ1n) is 8.41. The maximum atomic E-state index is 13.1. The largest absolute Gasteiger partial charge is 0.422 e. The van der Waals surface area contributed by atoms with Gasteiger partial charge in [0.05, 0.1) is 0 Å². The Kier molecular flexibility index (Phi) is 4.22. The highest BCUT2D eigenvalue weighted by Gasteiger charge is 2.22. The molecule has 0 radical (unpaired) electrons. The predicted octanol–water partition coefficient (Wildman–Crippen LogP) is 4.26. The molecular weight excluding hydrogens is 340 g/mol. The van der Waals surface area contributed by atoms with E-state index in [4.69, 9.17) is 4.42 Å². The molecule has 4 rings (SSSR count). The highest BCUT2D eigenvalue weighted by atomic mass is 16.4. The van der Waals surface area contributed by atoms with E-state index in [1.54, 1.807) is 72.8 Å². The molecular formula is C23H14O4. The van der Waals surface area contributed by atoms with E-state index in [0.717, 1.165) is 0 Å². The zero-order chi connectivity index (χ0) is 18.8. The van der Waals surface area contributed by atoms with Crippen molar-refractivity contribution in [2.45, 2.75) is 0 Å². The molecule has 0 unspecified atom stereocenters. The molecule has 0 aliphatic carbocycles. The molecule has 0 fully saturated rings. The quantitative estimate of drug-likeness (QED) is 0.406. The molecule has 0 bridgehead atoms. The molecule has 130 valence electrons. The van der Waals surface area contributed by atoms with Crippen LogP contribution in [0.3, 0.4) is 0 Å². The lowest BCUT2D eigenvalue weighted by molar-refractivity contribution is 0.100. The lowest BCUT2D eigenvalue weighted by Crippen LogP contribution is -2.18. The number of carbonyl (C=O) groups is 2. The van der Waals surface area contributed by atoms with Crippen LogP contribution in [0.2, 0.25) is 0 Å². The molecule has 0 atom stereocenters. The summed E-state index contributed by atoms with van der Waals surface area (Å²) in [4.78, 5) is 38.2. The molecule has 0 aliphatic rings. The van der Waals surface area contributed by atoms with Crippen molar-refractivity contribution in [3.8, 4) is 0 Å². The van der Waals surface area contributed by atoms with Crippen LogP contribution in [0.1, 0.15) is 31.8 Å². The van der Waals surface area contributed by atoms with Crippen LogP contribution in [-0.2, 0) is 0 Å². The van der Waals surface area contributed by atoms with E-state index in [1.807, 2.05) is 6.07 Å². The van der Waals surface area contributed by atoms with Crippen molar-refractivity contribution in [3.63, 3.8) is 0 Å². The Labute approximate surface area is 154 Å². The molecule has 1 heterocycles. The topological polar surface area (TPSA) is 64.3 Å². The minimum atomic E-state index is -0.722. The molecule has 0 saturated carbocycles. The highest BCUT2D eigenvalue weighted by Crippen LogP contribution is 2.19. The minimum absolute atomic E-state index is 0.0954. The Morgan fingerprint density at radius 2 is 1.22 bits per heavy atom. The number of ketones is 2. The Balaban J connectivity index is 1.83. The second-order valence-electron chi connectivity index (χ2n) is 6.06. The second kappa shape index (κ2) is 6.84. The van der Waals surface area contributed by atoms with E-state index in [2.05, 4.69) is 0 Å². The van der Waals surface area contributed by atoms with Crippen LogP contribution in [0.25, 0.3) is 11.0 Å². The van der Waals surface area contributed by atoms with Gasteiger partial charge in [-0.05, 0) is 12.1 Å². The van der Waals surface area contributed by atoms with Gasteiger partial charge in [-0.25, -0.2) is 4.79 Å². The van der Waals surface area contributed by atoms with Crippen molar-refractivity contribution < 1.29 is 14.0 Å². The monoisotopic (exact) mass is 354 g/mol. The van der Waals surface area contributed by atoms with E-state index < -0.39 is 11.4 Å². The van der Waals surface area contributed by atoms with Crippen LogP contribution >= 0.6 is 0 Å². The van der Waals surface area contributed by atoms with E-state index in [-0.39, 0.29) is 22.5 Å². The van der Waals surface area contributed by atoms with E-state index in [1.165, 1.54) is 6.07 Å². The number of fused-ring (bicyclic) bond motifs is 1. The standard InChI is InChI=1S/C23H14O4/c24-21(15-8-2-1-3-9-15)17-11-5-6-12-18(17)22(25)19-14-16-10-4-7-13-20(16)27-23(19)26/h1-14H. The van der Waals surface area contributed by atoms with E-state index in [0.29, 0.717) is 16.5 Å². The van der Waals surface area contributed by atoms with E-state index >= 15 is 0 Å². The van der Waals surface area contributed by atoms with Crippen molar-refractivity contribution in [1.29, 1.82) is 0 Å². The van der Waals surface area contributed by atoms with Gasteiger partial charge in [0.1, 0.15) is 11.1 Å². The Morgan fingerprint density at radius 3 is 1.96 bits per heavy atom. The van der Waals surface area contributed by atoms with Gasteiger partial charge in [-0.1, -0.05) is 72.8 Å². The number of benzene rings is 3. The zero-order valence-electron chi connectivity index (χ0n) is 14.2. The number of para-hydroxylation sites is 1. The SMILES string of the molecule is O=C(c1ccccc1)c1ccccc1C(=O)c1cc2ccccc2oc1=O. The lowest BCUT2D eigenvalue weighted by atomic mass is 9.93. The fourth-order valence-corrected chi connectivity index (χ4v) is 2.99. The minimum Gasteiger partial charge on any atom is -0.422 e. The van der Waals surface area contributed by atoms with Gasteiger partial charge in [0.25, 0.3) is 0 Å². The molecule has 0 spiro atoms. The first kappa shape index (κ1) is 16.7. The molecule has 1 aromatic heterocycles. The lowest BCUT2D eigenvalue weighted by Gasteiger charge is -2.08. The average molecular weight is 354 g/mol. The summed E-state index contributed by atoms with van der Waals surface area (Å²) in [5, 5.41) is 0.646. The van der Waals surface area contributed by atoms with Crippen molar-refractivity contribution in [1.82, 2.24) is 0 Å². The van der Waals surface area contributed by atoms with Crippen LogP contribution in [0, 0.1) is 0 Å². The zero-order valence-corrected chi connectivity index (χ0v) is 14.2. The summed E-state index contributed by atoms with van der Waals surface area (Å²) in [5.41, 5.74) is 0.494. The van der Waals surface area contributed by atoms with Gasteiger partial charge in [0, 0.05) is 22.1 Å². The summed E-state index contributed by atoms with van der Waals surface area (Å²) >= 11 is 0. The van der Waals surface area contributed by atoms with Gasteiger partial charge in [0.2, 0.25) is 5.78 Å². The molecule has 27 heavy (non-hydrogen) atoms. The Bertz CT molecular complexity index is 1220. The van der Waals surface area contributed by atoms with Crippen LogP contribution < -0.4 is 5.63 Å². The molecule has 4 heteroatoms. The van der Waals surface area contributed by atoms with Crippen molar-refractivity contribution in [2.75, 3.05) is 0 Å². The van der Waals surface area contributed by atoms with Crippen molar-refractivity contribution in [3.05, 3.63) is 118 Å². The van der Waals surface area contributed by atoms with Gasteiger partial charge in [-0.3, -0.25) is 9.59 Å². The molecule has 0 aliphatic heterocycles. The molecule has 3 aromatic carbocycles. The van der Waals surface area contributed by atoms with Crippen LogP contribution in [-0.4, -0.2) is 11.6 Å². The summed E-state index contributed by atoms with van der Waals surface area (Å²) in [6, 6.07) is 23.7. The maximum absolute atomic E-state index is 13.1. The molecule has 4 aromatic rings. The summed E-state index contributed by atoms with van der Waals surface area (Å²) in [6.07, 6.45) is 0. The van der Waals surface area contributed by atoms with Crippen LogP contribution in [0.4, 0.5) is 0 Å². The summed E-state index contributed by atoms with van der Waals surface area (Å²) in [7, 11) is 0. The number of carbonyl (C=O) groups excluding carboxylic acids is 2. The average Bonchev–Trinajstić information content (AvgIpc) is 2.73. The normalized spacial score (nSPS) is 10.7. The van der Waals surface area contributed by atoms with Crippen LogP contribution in [0.15, 0.2) is 94.1 Å². The molecule has 0 amide bonds. The van der Waals surface area contributed by atoms with Crippen molar-refractivity contribution in [2.24, 2.45) is 0 Å². The smallest absolute Gasteiger partial charge is 0.347 e. The van der Waals surface area contributed by atoms with Gasteiger partial charge >= 0.3 is 5.63 Å². The first-order chi connectivity index (χ1) is 13.1. The van der Waals surface area contributed by atoms with Crippen molar-refractivity contribution >= 4 is 22.5 Å². The fraction of sp³-hybridized carbons (Fsp3) is 0. The van der Waals surface area contributed by atoms with Gasteiger partial charge in [-0.2, -0.15) is 0 Å². The Hall–Kier alpha value is -3.79. The fourth-order valence-electron chi connectivity index (χ4n) is 2.99. The third kappa shape index (κ3) is 3.09. The van der Waals surface area contributed by atoms with Gasteiger partial charge < -0.3 is 4.42 Å². The third-order valence-corrected chi connectivity index (χ3v) is 4.34. The summed E-state index contributed by atoms with van der Waals surface area (Å²) in [6.45, 7) is 0. The third-order valence-electron chi connectivity index (χ3n) is 4.34. The first-order valence-corrected chi connectivity index (χ1v) is 8.41. The second-order valence-corrected chi connectivity index (χ2v) is 6.06. The molecule has 4 nitrogen and oxygen atoms in total. The summed E-state index contributed by atoms with van der Waals surface area (Å²) in [5.74, 6) is -0.806. The maximum Gasteiger partial charge on any atom is 0.347 e. The van der Waals surface area contributed by atoms with Gasteiger partial charge in [-0.15, -0.1) is 0 Å². The molecule has 0 saturated heterocycles. The predicted molar refractivity (Wildman–Crippen MR) is 102 cm³/mol. The van der Waals surface area contributed by atoms with Crippen LogP contribution in [0.5, 0.6) is 0 Å². The van der Waals surface area contributed by atoms with E-state index in [9.17, 15) is 14.4 Å². The number of hydrogen-bond donors (Lipinski definition) is 0.